The van der Waals surface area contributed by atoms with E-state index in [-0.39, 0.29) is 11.9 Å². The number of hydrogen-bond donors (Lipinski definition) is 0. The molecule has 1 fully saturated rings. The summed E-state index contributed by atoms with van der Waals surface area (Å²) in [5, 5.41) is 9.26. The van der Waals surface area contributed by atoms with Crippen LogP contribution in [0.4, 0.5) is 5.82 Å². The van der Waals surface area contributed by atoms with Crippen LogP contribution in [0.25, 0.3) is 0 Å². The summed E-state index contributed by atoms with van der Waals surface area (Å²) < 4.78 is 5.30. The highest BCUT2D eigenvalue weighted by atomic mass is 16.5. The highest BCUT2D eigenvalue weighted by molar-refractivity contribution is 5.73. The summed E-state index contributed by atoms with van der Waals surface area (Å²) in [4.78, 5) is 18.7. The van der Waals surface area contributed by atoms with Crippen molar-refractivity contribution in [3.63, 3.8) is 0 Å². The molecule has 23 heavy (non-hydrogen) atoms. The van der Waals surface area contributed by atoms with Gasteiger partial charge in [0, 0.05) is 25.2 Å². The molecule has 1 aliphatic rings. The largest absolute Gasteiger partial charge is 0.465 e. The zero-order chi connectivity index (χ0) is 16.7. The van der Waals surface area contributed by atoms with Crippen LogP contribution in [0.3, 0.4) is 0 Å². The van der Waals surface area contributed by atoms with Crippen LogP contribution in [0.1, 0.15) is 36.9 Å². The zero-order valence-electron chi connectivity index (χ0n) is 13.4. The summed E-state index contributed by atoms with van der Waals surface area (Å²) in [6.45, 7) is 3.60. The van der Waals surface area contributed by atoms with Crippen molar-refractivity contribution < 1.29 is 9.53 Å². The smallest absolute Gasteiger partial charge is 0.310 e. The molecule has 1 aromatic heterocycles. The molecule has 1 atom stereocenters. The monoisotopic (exact) mass is 311 g/mol. The van der Waals surface area contributed by atoms with Crippen LogP contribution < -0.4 is 4.90 Å². The highest BCUT2D eigenvalue weighted by Gasteiger charge is 2.28. The SMILES string of the molecule is C#CCCCOC(=O)C1CCCN(c2nc(C)ccc2C#N)C1. The fraction of sp³-hybridized carbons (Fsp3) is 0.500. The standard InChI is InChI=1S/C18H21N3O2/c1-3-4-5-11-23-18(22)16-7-6-10-21(13-16)17-15(12-19)9-8-14(2)20-17/h1,8-9,16H,4-7,10-11,13H2,2H3. The molecule has 1 aromatic rings. The Kier molecular flexibility index (Phi) is 6.00. The summed E-state index contributed by atoms with van der Waals surface area (Å²) in [6, 6.07) is 5.77. The summed E-state index contributed by atoms with van der Waals surface area (Å²) in [5.74, 6) is 2.83. The second-order valence-electron chi connectivity index (χ2n) is 5.70. The van der Waals surface area contributed by atoms with Crippen LogP contribution in [0.5, 0.6) is 0 Å². The highest BCUT2D eigenvalue weighted by Crippen LogP contribution is 2.25. The zero-order valence-corrected chi connectivity index (χ0v) is 13.4. The predicted molar refractivity (Wildman–Crippen MR) is 87.7 cm³/mol. The molecule has 0 amide bonds. The van der Waals surface area contributed by atoms with Crippen molar-refractivity contribution in [2.45, 2.75) is 32.6 Å². The van der Waals surface area contributed by atoms with E-state index >= 15 is 0 Å². The van der Waals surface area contributed by atoms with E-state index in [0.29, 0.717) is 37.4 Å². The van der Waals surface area contributed by atoms with E-state index in [2.05, 4.69) is 17.0 Å². The lowest BCUT2D eigenvalue weighted by Gasteiger charge is -2.33. The first-order chi connectivity index (χ1) is 11.2. The molecule has 0 N–H and O–H groups in total. The summed E-state index contributed by atoms with van der Waals surface area (Å²) in [6.07, 6.45) is 8.17. The third kappa shape index (κ3) is 4.47. The Morgan fingerprint density at radius 2 is 2.39 bits per heavy atom. The number of rotatable bonds is 5. The molecular formula is C18H21N3O2. The Hall–Kier alpha value is -2.53. The minimum atomic E-state index is -0.183. The molecule has 5 nitrogen and oxygen atoms in total. The van der Waals surface area contributed by atoms with Gasteiger partial charge in [0.05, 0.1) is 18.1 Å². The number of carbonyl (C=O) groups is 1. The predicted octanol–water partition coefficient (Wildman–Crippen LogP) is 2.43. The second-order valence-corrected chi connectivity index (χ2v) is 5.70. The average Bonchev–Trinajstić information content (AvgIpc) is 2.58. The molecule has 2 rings (SSSR count). The van der Waals surface area contributed by atoms with Gasteiger partial charge in [-0.2, -0.15) is 5.26 Å². The van der Waals surface area contributed by atoms with Gasteiger partial charge in [-0.25, -0.2) is 4.98 Å². The molecule has 0 radical (unpaired) electrons. The lowest BCUT2D eigenvalue weighted by molar-refractivity contribution is -0.148. The Labute approximate surface area is 137 Å². The number of aryl methyl sites for hydroxylation is 1. The van der Waals surface area contributed by atoms with Gasteiger partial charge >= 0.3 is 5.97 Å². The van der Waals surface area contributed by atoms with E-state index in [1.54, 1.807) is 6.07 Å². The maximum atomic E-state index is 12.2. The van der Waals surface area contributed by atoms with E-state index in [1.165, 1.54) is 0 Å². The normalized spacial score (nSPS) is 17.2. The molecule has 0 spiro atoms. The molecule has 1 unspecified atom stereocenters. The van der Waals surface area contributed by atoms with Crippen molar-refractivity contribution in [1.29, 1.82) is 5.26 Å². The molecule has 2 heterocycles. The molecule has 0 aliphatic carbocycles. The minimum absolute atomic E-state index is 0.177. The molecule has 1 saturated heterocycles. The number of piperidine rings is 1. The molecule has 1 aliphatic heterocycles. The number of nitriles is 1. The molecule has 120 valence electrons. The Morgan fingerprint density at radius 1 is 1.57 bits per heavy atom. The van der Waals surface area contributed by atoms with Crippen molar-refractivity contribution in [2.75, 3.05) is 24.6 Å². The van der Waals surface area contributed by atoms with Gasteiger partial charge in [0.25, 0.3) is 0 Å². The number of anilines is 1. The van der Waals surface area contributed by atoms with Gasteiger partial charge in [0.2, 0.25) is 0 Å². The van der Waals surface area contributed by atoms with Crippen molar-refractivity contribution in [3.8, 4) is 18.4 Å². The number of aromatic nitrogens is 1. The Balaban J connectivity index is 2.01. The lowest BCUT2D eigenvalue weighted by atomic mass is 9.98. The van der Waals surface area contributed by atoms with Crippen LogP contribution in [-0.2, 0) is 9.53 Å². The minimum Gasteiger partial charge on any atom is -0.465 e. The summed E-state index contributed by atoms with van der Waals surface area (Å²) >= 11 is 0. The van der Waals surface area contributed by atoms with E-state index in [9.17, 15) is 10.1 Å². The van der Waals surface area contributed by atoms with E-state index < -0.39 is 0 Å². The maximum absolute atomic E-state index is 12.2. The molecule has 0 aromatic carbocycles. The van der Waals surface area contributed by atoms with E-state index in [4.69, 9.17) is 11.2 Å². The van der Waals surface area contributed by atoms with Gasteiger partial charge in [0.1, 0.15) is 11.9 Å². The number of unbranched alkanes of at least 4 members (excludes halogenated alkanes) is 1. The van der Waals surface area contributed by atoms with Crippen LogP contribution in [0.2, 0.25) is 0 Å². The summed E-state index contributed by atoms with van der Waals surface area (Å²) in [7, 11) is 0. The van der Waals surface area contributed by atoms with Crippen molar-refractivity contribution in [1.82, 2.24) is 4.98 Å². The van der Waals surface area contributed by atoms with Gasteiger partial charge in [0.15, 0.2) is 0 Å². The number of carbonyl (C=O) groups excluding carboxylic acids is 1. The molecular weight excluding hydrogens is 290 g/mol. The fourth-order valence-corrected chi connectivity index (χ4v) is 2.70. The molecule has 0 bridgehead atoms. The fourth-order valence-electron chi connectivity index (χ4n) is 2.70. The van der Waals surface area contributed by atoms with Crippen LogP contribution >= 0.6 is 0 Å². The average molecular weight is 311 g/mol. The topological polar surface area (TPSA) is 66.2 Å². The third-order valence-electron chi connectivity index (χ3n) is 3.90. The third-order valence-corrected chi connectivity index (χ3v) is 3.90. The first kappa shape index (κ1) is 16.8. The van der Waals surface area contributed by atoms with Gasteiger partial charge in [-0.15, -0.1) is 12.3 Å². The van der Waals surface area contributed by atoms with E-state index in [0.717, 1.165) is 25.1 Å². The van der Waals surface area contributed by atoms with E-state index in [1.807, 2.05) is 17.9 Å². The number of ether oxygens (including phenoxy) is 1. The van der Waals surface area contributed by atoms with Crippen molar-refractivity contribution in [3.05, 3.63) is 23.4 Å². The Bertz CT molecular complexity index is 643. The quantitative estimate of drug-likeness (QED) is 0.475. The number of pyridine rings is 1. The molecule has 0 saturated carbocycles. The Morgan fingerprint density at radius 3 is 3.13 bits per heavy atom. The summed E-state index contributed by atoms with van der Waals surface area (Å²) in [5.41, 5.74) is 1.40. The second kappa shape index (κ2) is 8.19. The van der Waals surface area contributed by atoms with Gasteiger partial charge in [-0.05, 0) is 38.3 Å². The van der Waals surface area contributed by atoms with Gasteiger partial charge < -0.3 is 9.64 Å². The van der Waals surface area contributed by atoms with Gasteiger partial charge in [-0.3, -0.25) is 4.79 Å². The number of terminal acetylenes is 1. The number of nitrogens with zero attached hydrogens (tertiary/aromatic N) is 3. The van der Waals surface area contributed by atoms with Crippen LogP contribution in [-0.4, -0.2) is 30.6 Å². The first-order valence-electron chi connectivity index (χ1n) is 7.88. The maximum Gasteiger partial charge on any atom is 0.310 e. The van der Waals surface area contributed by atoms with Crippen LogP contribution in [0, 0.1) is 36.5 Å². The van der Waals surface area contributed by atoms with Crippen molar-refractivity contribution in [2.24, 2.45) is 5.92 Å². The lowest BCUT2D eigenvalue weighted by Crippen LogP contribution is -2.40. The van der Waals surface area contributed by atoms with Gasteiger partial charge in [-0.1, -0.05) is 0 Å². The number of esters is 1. The van der Waals surface area contributed by atoms with Crippen molar-refractivity contribution >= 4 is 11.8 Å². The molecule has 5 heteroatoms. The first-order valence-corrected chi connectivity index (χ1v) is 7.88. The number of hydrogen-bond acceptors (Lipinski definition) is 5. The van der Waals surface area contributed by atoms with Crippen LogP contribution in [0.15, 0.2) is 12.1 Å².